The van der Waals surface area contributed by atoms with Gasteiger partial charge in [0, 0.05) is 17.5 Å². The lowest BCUT2D eigenvalue weighted by Crippen LogP contribution is -2.08. The molecule has 0 saturated carbocycles. The Morgan fingerprint density at radius 3 is 1.36 bits per heavy atom. The lowest BCUT2D eigenvalue weighted by Gasteiger charge is -2.00. The number of rotatable bonds is 5. The Labute approximate surface area is 129 Å². The highest BCUT2D eigenvalue weighted by Gasteiger charge is 2.12. The minimum atomic E-state index is -0.745. The summed E-state index contributed by atoms with van der Waals surface area (Å²) >= 11 is 0. The summed E-state index contributed by atoms with van der Waals surface area (Å²) in [5.74, 6) is -1.02. The molecule has 0 aliphatic carbocycles. The van der Waals surface area contributed by atoms with Crippen LogP contribution in [0, 0.1) is 0 Å². The number of carboxylic acid groups (broad SMARTS) is 1. The van der Waals surface area contributed by atoms with Crippen LogP contribution in [0.5, 0.6) is 0 Å². The van der Waals surface area contributed by atoms with Gasteiger partial charge in [0.25, 0.3) is 0 Å². The molecule has 1 N–H and O–H groups in total. The molecule has 0 fully saturated rings. The van der Waals surface area contributed by atoms with Crippen LogP contribution in [0.4, 0.5) is 0 Å². The molecule has 2 aromatic carbocycles. The molecular weight excluding hydrogens is 280 g/mol. The summed E-state index contributed by atoms with van der Waals surface area (Å²) in [7, 11) is 0. The molecule has 114 valence electrons. The van der Waals surface area contributed by atoms with Crippen molar-refractivity contribution in [2.75, 3.05) is 0 Å². The second kappa shape index (κ2) is 9.23. The van der Waals surface area contributed by atoms with E-state index in [0.29, 0.717) is 11.1 Å². The Morgan fingerprint density at radius 1 is 0.773 bits per heavy atom. The molecule has 0 unspecified atom stereocenters. The monoisotopic (exact) mass is 298 g/mol. The third kappa shape index (κ3) is 6.13. The molecule has 2 rings (SSSR count). The van der Waals surface area contributed by atoms with Crippen LogP contribution in [0.2, 0.25) is 0 Å². The van der Waals surface area contributed by atoms with Crippen molar-refractivity contribution in [1.29, 1.82) is 0 Å². The van der Waals surface area contributed by atoms with Gasteiger partial charge in [0.1, 0.15) is 0 Å². The van der Waals surface area contributed by atoms with E-state index < -0.39 is 5.97 Å². The van der Waals surface area contributed by atoms with Gasteiger partial charge in [0.15, 0.2) is 11.6 Å². The first kappa shape index (κ1) is 17.3. The smallest absolute Gasteiger partial charge is 0.303 e. The highest BCUT2D eigenvalue weighted by Crippen LogP contribution is 2.08. The zero-order valence-corrected chi connectivity index (χ0v) is 12.4. The second-order valence-electron chi connectivity index (χ2n) is 4.50. The Kier molecular flexibility index (Phi) is 7.26. The van der Waals surface area contributed by atoms with Crippen LogP contribution in [-0.2, 0) is 4.79 Å². The number of carboxylic acids is 1. The molecule has 0 atom stereocenters. The standard InChI is InChI=1S/C15H12O2.C3H6O2/c16-14(12-7-3-1-4-8-12)11-15(17)13-9-5-2-6-10-13;1-2-3(4)5/h1-10H,11H2;2H2,1H3,(H,4,5). The summed E-state index contributed by atoms with van der Waals surface area (Å²) in [6.45, 7) is 1.60. The molecule has 0 saturated heterocycles. The number of aliphatic carboxylic acids is 1. The van der Waals surface area contributed by atoms with Gasteiger partial charge in [0.05, 0.1) is 6.42 Å². The minimum Gasteiger partial charge on any atom is -0.481 e. The number of carbonyl (C=O) groups excluding carboxylic acids is 2. The van der Waals surface area contributed by atoms with E-state index in [1.165, 1.54) is 0 Å². The average molecular weight is 298 g/mol. The molecule has 0 spiro atoms. The predicted octanol–water partition coefficient (Wildman–Crippen LogP) is 3.62. The van der Waals surface area contributed by atoms with Gasteiger partial charge in [-0.1, -0.05) is 67.6 Å². The first-order valence-electron chi connectivity index (χ1n) is 6.93. The number of Topliss-reactive ketones (excluding diaryl/α,β-unsaturated/α-hetero) is 2. The molecule has 0 heterocycles. The van der Waals surface area contributed by atoms with Crippen molar-refractivity contribution in [2.45, 2.75) is 19.8 Å². The second-order valence-corrected chi connectivity index (χ2v) is 4.50. The largest absolute Gasteiger partial charge is 0.481 e. The maximum Gasteiger partial charge on any atom is 0.303 e. The van der Waals surface area contributed by atoms with Crippen LogP contribution < -0.4 is 0 Å². The zero-order chi connectivity index (χ0) is 16.4. The zero-order valence-electron chi connectivity index (χ0n) is 12.4. The number of hydrogen-bond donors (Lipinski definition) is 1. The van der Waals surface area contributed by atoms with Gasteiger partial charge >= 0.3 is 5.97 Å². The summed E-state index contributed by atoms with van der Waals surface area (Å²) < 4.78 is 0. The molecule has 2 aromatic rings. The summed E-state index contributed by atoms with van der Waals surface area (Å²) in [6.07, 6.45) is 0.147. The Balaban J connectivity index is 0.000000422. The van der Waals surface area contributed by atoms with E-state index in [4.69, 9.17) is 5.11 Å². The predicted molar refractivity (Wildman–Crippen MR) is 84.1 cm³/mol. The van der Waals surface area contributed by atoms with Crippen LogP contribution in [0.3, 0.4) is 0 Å². The van der Waals surface area contributed by atoms with Crippen molar-refractivity contribution >= 4 is 17.5 Å². The van der Waals surface area contributed by atoms with Gasteiger partial charge in [-0.05, 0) is 0 Å². The van der Waals surface area contributed by atoms with Crippen molar-refractivity contribution in [1.82, 2.24) is 0 Å². The Hall–Kier alpha value is -2.75. The average Bonchev–Trinajstić information content (AvgIpc) is 2.57. The van der Waals surface area contributed by atoms with E-state index in [2.05, 4.69) is 0 Å². The molecule has 0 bridgehead atoms. The molecule has 0 aliphatic rings. The SMILES string of the molecule is CCC(=O)O.O=C(CC(=O)c1ccccc1)c1ccccc1. The van der Waals surface area contributed by atoms with E-state index in [1.807, 2.05) is 12.1 Å². The third-order valence-electron chi connectivity index (χ3n) is 2.82. The van der Waals surface area contributed by atoms with E-state index in [0.717, 1.165) is 0 Å². The summed E-state index contributed by atoms with van der Waals surface area (Å²) in [5, 5.41) is 7.72. The van der Waals surface area contributed by atoms with E-state index in [9.17, 15) is 14.4 Å². The first-order chi connectivity index (χ1) is 10.5. The van der Waals surface area contributed by atoms with Crippen LogP contribution in [-0.4, -0.2) is 22.6 Å². The van der Waals surface area contributed by atoms with E-state index in [-0.39, 0.29) is 24.4 Å². The number of hydrogen-bond acceptors (Lipinski definition) is 3. The quantitative estimate of drug-likeness (QED) is 0.676. The Bertz CT molecular complexity index is 569. The fourth-order valence-electron chi connectivity index (χ4n) is 1.60. The Morgan fingerprint density at radius 2 is 1.09 bits per heavy atom. The lowest BCUT2D eigenvalue weighted by atomic mass is 10.0. The van der Waals surface area contributed by atoms with Gasteiger partial charge in [-0.2, -0.15) is 0 Å². The van der Waals surface area contributed by atoms with E-state index >= 15 is 0 Å². The first-order valence-corrected chi connectivity index (χ1v) is 6.93. The maximum absolute atomic E-state index is 11.8. The molecule has 0 aromatic heterocycles. The highest BCUT2D eigenvalue weighted by atomic mass is 16.4. The molecular formula is C18H18O4. The highest BCUT2D eigenvalue weighted by molar-refractivity contribution is 6.13. The summed E-state index contributed by atoms with van der Waals surface area (Å²) in [6, 6.07) is 17.7. The van der Waals surface area contributed by atoms with Gasteiger partial charge in [-0.3, -0.25) is 14.4 Å². The van der Waals surface area contributed by atoms with Crippen molar-refractivity contribution in [3.63, 3.8) is 0 Å². The number of ketones is 2. The molecule has 0 radical (unpaired) electrons. The van der Waals surface area contributed by atoms with Crippen LogP contribution in [0.25, 0.3) is 0 Å². The van der Waals surface area contributed by atoms with Crippen LogP contribution in [0.15, 0.2) is 60.7 Å². The van der Waals surface area contributed by atoms with Gasteiger partial charge in [-0.15, -0.1) is 0 Å². The third-order valence-corrected chi connectivity index (χ3v) is 2.82. The molecule has 0 aliphatic heterocycles. The summed E-state index contributed by atoms with van der Waals surface area (Å²) in [5.41, 5.74) is 1.16. The fraction of sp³-hybridized carbons (Fsp3) is 0.167. The van der Waals surface area contributed by atoms with Gasteiger partial charge in [-0.25, -0.2) is 0 Å². The van der Waals surface area contributed by atoms with E-state index in [1.54, 1.807) is 55.5 Å². The van der Waals surface area contributed by atoms with Gasteiger partial charge in [0.2, 0.25) is 0 Å². The fourth-order valence-corrected chi connectivity index (χ4v) is 1.60. The number of benzene rings is 2. The normalized spacial score (nSPS) is 9.32. The van der Waals surface area contributed by atoms with Crippen LogP contribution >= 0.6 is 0 Å². The molecule has 0 amide bonds. The number of carbonyl (C=O) groups is 3. The topological polar surface area (TPSA) is 71.4 Å². The van der Waals surface area contributed by atoms with Crippen LogP contribution in [0.1, 0.15) is 40.5 Å². The molecule has 22 heavy (non-hydrogen) atoms. The van der Waals surface area contributed by atoms with Crippen molar-refractivity contribution in [3.05, 3.63) is 71.8 Å². The summed E-state index contributed by atoms with van der Waals surface area (Å²) in [4.78, 5) is 33.0. The maximum atomic E-state index is 11.8. The van der Waals surface area contributed by atoms with Crippen molar-refractivity contribution < 1.29 is 19.5 Å². The van der Waals surface area contributed by atoms with Crippen molar-refractivity contribution in [2.24, 2.45) is 0 Å². The molecule has 4 heteroatoms. The van der Waals surface area contributed by atoms with Gasteiger partial charge < -0.3 is 5.11 Å². The molecule has 4 nitrogen and oxygen atoms in total. The minimum absolute atomic E-state index is 0.0754. The lowest BCUT2D eigenvalue weighted by molar-refractivity contribution is -0.136. The van der Waals surface area contributed by atoms with Crippen molar-refractivity contribution in [3.8, 4) is 0 Å².